The molecular weight excluding hydrogens is 204 g/mol. The summed E-state index contributed by atoms with van der Waals surface area (Å²) in [6, 6.07) is 1.35. The van der Waals surface area contributed by atoms with Crippen molar-refractivity contribution in [3.8, 4) is 0 Å². The van der Waals surface area contributed by atoms with Crippen LogP contribution in [0.2, 0.25) is 0 Å². The maximum atomic E-state index is 11.6. The zero-order valence-electron chi connectivity index (χ0n) is 10.1. The Kier molecular flexibility index (Phi) is 4.49. The van der Waals surface area contributed by atoms with E-state index in [1.807, 2.05) is 19.9 Å². The predicted octanol–water partition coefficient (Wildman–Crippen LogP) is 1.28. The molecule has 0 saturated heterocycles. The Hall–Kier alpha value is -1.36. The molecule has 4 N–H and O–H groups in total. The van der Waals surface area contributed by atoms with Gasteiger partial charge in [0.25, 0.3) is 0 Å². The molecule has 0 aliphatic rings. The molecule has 1 amide bonds. The summed E-state index contributed by atoms with van der Waals surface area (Å²) in [7, 11) is 0. The van der Waals surface area contributed by atoms with E-state index >= 15 is 0 Å². The predicted molar refractivity (Wildman–Crippen MR) is 64.0 cm³/mol. The van der Waals surface area contributed by atoms with Crippen molar-refractivity contribution >= 4 is 11.7 Å². The van der Waals surface area contributed by atoms with E-state index in [9.17, 15) is 4.79 Å². The zero-order chi connectivity index (χ0) is 12.1. The molecule has 16 heavy (non-hydrogen) atoms. The minimum absolute atomic E-state index is 0.119. The molecule has 0 saturated carbocycles. The third kappa shape index (κ3) is 3.34. The fourth-order valence-corrected chi connectivity index (χ4v) is 1.34. The van der Waals surface area contributed by atoms with Crippen molar-refractivity contribution in [2.45, 2.75) is 39.7 Å². The molecule has 1 heterocycles. The number of carbonyl (C=O) groups excluding carboxylic acids is 1. The number of hydrogen-bond donors (Lipinski definition) is 3. The molecular formula is C11H20N4O. The lowest BCUT2D eigenvalue weighted by atomic mass is 10.1. The molecule has 0 aromatic carbocycles. The summed E-state index contributed by atoms with van der Waals surface area (Å²) in [6.07, 6.45) is 1.97. The van der Waals surface area contributed by atoms with E-state index in [-0.39, 0.29) is 11.8 Å². The number of nitrogens with one attached hydrogen (secondary N) is 2. The molecule has 90 valence electrons. The van der Waals surface area contributed by atoms with Crippen molar-refractivity contribution < 1.29 is 4.79 Å². The second kappa shape index (κ2) is 5.65. The molecule has 1 rings (SSSR count). The van der Waals surface area contributed by atoms with Crippen LogP contribution in [-0.4, -0.2) is 22.1 Å². The number of carbonyl (C=O) groups is 1. The minimum atomic E-state index is -0.494. The smallest absolute Gasteiger partial charge is 0.242 e. The third-order valence-electron chi connectivity index (χ3n) is 2.42. The lowest BCUT2D eigenvalue weighted by Gasteiger charge is -2.13. The van der Waals surface area contributed by atoms with E-state index in [1.54, 1.807) is 0 Å². The summed E-state index contributed by atoms with van der Waals surface area (Å²) >= 11 is 0. The standard InChI is InChI=1S/C11H20N4O/c1-4-5-8-6-9(15-14-8)13-11(16)10(12)7(2)3/h6-7,10H,4-5,12H2,1-3H3,(H2,13,14,15,16). The van der Waals surface area contributed by atoms with E-state index in [4.69, 9.17) is 5.73 Å². The van der Waals surface area contributed by atoms with Gasteiger partial charge in [0.1, 0.15) is 0 Å². The Labute approximate surface area is 95.8 Å². The van der Waals surface area contributed by atoms with Crippen LogP contribution in [0.1, 0.15) is 32.9 Å². The van der Waals surface area contributed by atoms with Crippen molar-refractivity contribution in [3.63, 3.8) is 0 Å². The first-order valence-corrected chi connectivity index (χ1v) is 5.65. The van der Waals surface area contributed by atoms with Crippen LogP contribution in [-0.2, 0) is 11.2 Å². The molecule has 0 spiro atoms. The molecule has 5 nitrogen and oxygen atoms in total. The van der Waals surface area contributed by atoms with Gasteiger partial charge in [-0.3, -0.25) is 9.89 Å². The van der Waals surface area contributed by atoms with Gasteiger partial charge in [0, 0.05) is 11.8 Å². The fourth-order valence-electron chi connectivity index (χ4n) is 1.34. The number of rotatable bonds is 5. The first kappa shape index (κ1) is 12.7. The number of nitrogens with zero attached hydrogens (tertiary/aromatic N) is 1. The van der Waals surface area contributed by atoms with Gasteiger partial charge < -0.3 is 11.1 Å². The number of H-pyrrole nitrogens is 1. The molecule has 1 atom stereocenters. The van der Waals surface area contributed by atoms with Crippen LogP contribution in [0.3, 0.4) is 0 Å². The molecule has 5 heteroatoms. The van der Waals surface area contributed by atoms with Crippen molar-refractivity contribution in [3.05, 3.63) is 11.8 Å². The van der Waals surface area contributed by atoms with Crippen molar-refractivity contribution in [1.82, 2.24) is 10.2 Å². The highest BCUT2D eigenvalue weighted by atomic mass is 16.2. The molecule has 0 aliphatic carbocycles. The third-order valence-corrected chi connectivity index (χ3v) is 2.42. The van der Waals surface area contributed by atoms with E-state index in [1.165, 1.54) is 0 Å². The van der Waals surface area contributed by atoms with Crippen LogP contribution >= 0.6 is 0 Å². The Bertz CT molecular complexity index is 346. The SMILES string of the molecule is CCCc1cc(NC(=O)C(N)C(C)C)n[nH]1. The number of aromatic nitrogens is 2. The van der Waals surface area contributed by atoms with Gasteiger partial charge in [-0.25, -0.2) is 0 Å². The molecule has 0 fully saturated rings. The monoisotopic (exact) mass is 224 g/mol. The Morgan fingerprint density at radius 1 is 1.62 bits per heavy atom. The van der Waals surface area contributed by atoms with Gasteiger partial charge in [0.15, 0.2) is 5.82 Å². The van der Waals surface area contributed by atoms with Gasteiger partial charge in [-0.2, -0.15) is 5.10 Å². The van der Waals surface area contributed by atoms with Crippen molar-refractivity contribution in [1.29, 1.82) is 0 Å². The van der Waals surface area contributed by atoms with Crippen LogP contribution in [0, 0.1) is 5.92 Å². The zero-order valence-corrected chi connectivity index (χ0v) is 10.1. The second-order valence-electron chi connectivity index (χ2n) is 4.29. The van der Waals surface area contributed by atoms with E-state index in [0.29, 0.717) is 5.82 Å². The summed E-state index contributed by atoms with van der Waals surface area (Å²) in [6.45, 7) is 5.92. The summed E-state index contributed by atoms with van der Waals surface area (Å²) in [5.41, 5.74) is 6.75. The highest BCUT2D eigenvalue weighted by Gasteiger charge is 2.17. The normalized spacial score (nSPS) is 12.8. The van der Waals surface area contributed by atoms with Crippen LogP contribution in [0.25, 0.3) is 0 Å². The first-order chi connectivity index (χ1) is 7.54. The number of aryl methyl sites for hydroxylation is 1. The number of nitrogens with two attached hydrogens (primary N) is 1. The topological polar surface area (TPSA) is 83.8 Å². The summed E-state index contributed by atoms with van der Waals surface area (Å²) in [5, 5.41) is 9.57. The lowest BCUT2D eigenvalue weighted by molar-refractivity contribution is -0.118. The number of hydrogen-bond acceptors (Lipinski definition) is 3. The highest BCUT2D eigenvalue weighted by molar-refractivity contribution is 5.94. The van der Waals surface area contributed by atoms with Crippen LogP contribution in [0.4, 0.5) is 5.82 Å². The maximum Gasteiger partial charge on any atom is 0.242 e. The van der Waals surface area contributed by atoms with Gasteiger partial charge in [0.05, 0.1) is 6.04 Å². The first-order valence-electron chi connectivity index (χ1n) is 5.65. The minimum Gasteiger partial charge on any atom is -0.320 e. The van der Waals surface area contributed by atoms with Gasteiger partial charge in [-0.05, 0) is 12.3 Å². The highest BCUT2D eigenvalue weighted by Crippen LogP contribution is 2.08. The Morgan fingerprint density at radius 3 is 2.88 bits per heavy atom. The lowest BCUT2D eigenvalue weighted by Crippen LogP contribution is -2.39. The molecule has 1 aromatic rings. The number of anilines is 1. The molecule has 0 aliphatic heterocycles. The van der Waals surface area contributed by atoms with E-state index in [0.717, 1.165) is 18.5 Å². The van der Waals surface area contributed by atoms with Gasteiger partial charge in [-0.15, -0.1) is 0 Å². The average Bonchev–Trinajstić information content (AvgIpc) is 2.65. The summed E-state index contributed by atoms with van der Waals surface area (Å²) in [4.78, 5) is 11.6. The number of aromatic amines is 1. The molecule has 0 bridgehead atoms. The van der Waals surface area contributed by atoms with Gasteiger partial charge in [0.2, 0.25) is 5.91 Å². The largest absolute Gasteiger partial charge is 0.320 e. The van der Waals surface area contributed by atoms with Crippen LogP contribution in [0.15, 0.2) is 6.07 Å². The van der Waals surface area contributed by atoms with Gasteiger partial charge in [-0.1, -0.05) is 27.2 Å². The van der Waals surface area contributed by atoms with E-state index < -0.39 is 6.04 Å². The quantitative estimate of drug-likeness (QED) is 0.704. The Morgan fingerprint density at radius 2 is 2.31 bits per heavy atom. The van der Waals surface area contributed by atoms with Crippen LogP contribution < -0.4 is 11.1 Å². The van der Waals surface area contributed by atoms with Crippen molar-refractivity contribution in [2.24, 2.45) is 11.7 Å². The molecule has 0 radical (unpaired) electrons. The Balaban J connectivity index is 2.56. The maximum absolute atomic E-state index is 11.6. The van der Waals surface area contributed by atoms with Crippen LogP contribution in [0.5, 0.6) is 0 Å². The van der Waals surface area contributed by atoms with E-state index in [2.05, 4.69) is 22.4 Å². The van der Waals surface area contributed by atoms with Gasteiger partial charge >= 0.3 is 0 Å². The second-order valence-corrected chi connectivity index (χ2v) is 4.29. The number of amides is 1. The fraction of sp³-hybridized carbons (Fsp3) is 0.636. The van der Waals surface area contributed by atoms with Crippen molar-refractivity contribution in [2.75, 3.05) is 5.32 Å². The molecule has 1 aromatic heterocycles. The molecule has 1 unspecified atom stereocenters. The average molecular weight is 224 g/mol. The summed E-state index contributed by atoms with van der Waals surface area (Å²) in [5.74, 6) is 0.475. The summed E-state index contributed by atoms with van der Waals surface area (Å²) < 4.78 is 0.